The van der Waals surface area contributed by atoms with Crippen LogP contribution in [0.15, 0.2) is 60.8 Å². The van der Waals surface area contributed by atoms with Crippen LogP contribution in [0, 0.1) is 0 Å². The lowest BCUT2D eigenvalue weighted by atomic mass is 10.2. The van der Waals surface area contributed by atoms with E-state index in [-0.39, 0.29) is 16.1 Å². The van der Waals surface area contributed by atoms with Crippen molar-refractivity contribution < 1.29 is 14.3 Å². The molecule has 0 radical (unpaired) electrons. The van der Waals surface area contributed by atoms with Crippen molar-refractivity contribution in [3.8, 4) is 17.2 Å². The average molecular weight is 403 g/mol. The minimum Gasteiger partial charge on any atom is -0.494 e. The average Bonchev–Trinajstić information content (AvgIpc) is 2.67. The standard InChI is InChI=1S/C20H16Cl2N2O3/c1-2-26-15-7-9-17(10-8-15)27-16-5-3-14(4-6-16)24-20(25)13-11-18(21)19(22)23-12-13/h3-12H,2H2,1H3,(H,24,25). The highest BCUT2D eigenvalue weighted by Crippen LogP contribution is 2.25. The van der Waals surface area contributed by atoms with Gasteiger partial charge in [-0.25, -0.2) is 4.98 Å². The Bertz CT molecular complexity index is 929. The predicted octanol–water partition coefficient (Wildman–Crippen LogP) is 5.83. The van der Waals surface area contributed by atoms with Crippen LogP contribution in [0.25, 0.3) is 0 Å². The number of nitrogens with zero attached hydrogens (tertiary/aromatic N) is 1. The third-order valence-electron chi connectivity index (χ3n) is 3.54. The highest BCUT2D eigenvalue weighted by atomic mass is 35.5. The number of carbonyl (C=O) groups excluding carboxylic acids is 1. The monoisotopic (exact) mass is 402 g/mol. The van der Waals surface area contributed by atoms with Gasteiger partial charge in [0, 0.05) is 11.9 Å². The van der Waals surface area contributed by atoms with Crippen LogP contribution in [-0.2, 0) is 0 Å². The Hall–Kier alpha value is -2.76. The number of ether oxygens (including phenoxy) is 2. The van der Waals surface area contributed by atoms with Gasteiger partial charge in [-0.1, -0.05) is 23.2 Å². The molecule has 0 atom stereocenters. The van der Waals surface area contributed by atoms with Crippen LogP contribution >= 0.6 is 23.2 Å². The van der Waals surface area contributed by atoms with Gasteiger partial charge in [0.05, 0.1) is 17.2 Å². The first-order valence-corrected chi connectivity index (χ1v) is 8.94. The molecule has 0 spiro atoms. The molecule has 0 saturated heterocycles. The Balaban J connectivity index is 1.62. The van der Waals surface area contributed by atoms with Gasteiger partial charge in [0.2, 0.25) is 0 Å². The maximum atomic E-state index is 12.2. The van der Waals surface area contributed by atoms with Crippen LogP contribution in [0.3, 0.4) is 0 Å². The number of hydrogen-bond acceptors (Lipinski definition) is 4. The number of halogens is 2. The van der Waals surface area contributed by atoms with Crippen molar-refractivity contribution in [1.82, 2.24) is 4.98 Å². The van der Waals surface area contributed by atoms with Gasteiger partial charge < -0.3 is 14.8 Å². The molecule has 0 aliphatic carbocycles. The van der Waals surface area contributed by atoms with Crippen LogP contribution in [0.1, 0.15) is 17.3 Å². The number of amides is 1. The lowest BCUT2D eigenvalue weighted by Gasteiger charge is -2.09. The molecule has 27 heavy (non-hydrogen) atoms. The van der Waals surface area contributed by atoms with Crippen molar-refractivity contribution >= 4 is 34.8 Å². The number of hydrogen-bond donors (Lipinski definition) is 1. The molecule has 1 N–H and O–H groups in total. The van der Waals surface area contributed by atoms with E-state index in [1.54, 1.807) is 24.3 Å². The van der Waals surface area contributed by atoms with Crippen molar-refractivity contribution in [3.63, 3.8) is 0 Å². The second kappa shape index (κ2) is 8.75. The van der Waals surface area contributed by atoms with Gasteiger partial charge >= 0.3 is 0 Å². The Morgan fingerprint density at radius 2 is 1.59 bits per heavy atom. The number of anilines is 1. The third kappa shape index (κ3) is 5.12. The second-order valence-corrected chi connectivity index (χ2v) is 6.25. The van der Waals surface area contributed by atoms with Gasteiger partial charge in [0.1, 0.15) is 22.4 Å². The van der Waals surface area contributed by atoms with Crippen molar-refractivity contribution in [1.29, 1.82) is 0 Å². The first-order chi connectivity index (χ1) is 13.0. The summed E-state index contributed by atoms with van der Waals surface area (Å²) in [6, 6.07) is 15.8. The highest BCUT2D eigenvalue weighted by molar-refractivity contribution is 6.41. The quantitative estimate of drug-likeness (QED) is 0.526. The molecular weight excluding hydrogens is 387 g/mol. The van der Waals surface area contributed by atoms with Crippen molar-refractivity contribution in [2.24, 2.45) is 0 Å². The van der Waals surface area contributed by atoms with Crippen LogP contribution in [0.5, 0.6) is 17.2 Å². The smallest absolute Gasteiger partial charge is 0.257 e. The number of benzene rings is 2. The molecule has 138 valence electrons. The van der Waals surface area contributed by atoms with Crippen LogP contribution in [-0.4, -0.2) is 17.5 Å². The van der Waals surface area contributed by atoms with E-state index >= 15 is 0 Å². The highest BCUT2D eigenvalue weighted by Gasteiger charge is 2.09. The van der Waals surface area contributed by atoms with Crippen molar-refractivity contribution in [2.45, 2.75) is 6.92 Å². The normalized spacial score (nSPS) is 10.3. The van der Waals surface area contributed by atoms with Crippen molar-refractivity contribution in [2.75, 3.05) is 11.9 Å². The van der Waals surface area contributed by atoms with E-state index in [9.17, 15) is 4.79 Å². The number of aromatic nitrogens is 1. The molecule has 7 heteroatoms. The number of rotatable bonds is 6. The van der Waals surface area contributed by atoms with E-state index in [0.717, 1.165) is 5.75 Å². The summed E-state index contributed by atoms with van der Waals surface area (Å²) < 4.78 is 11.2. The summed E-state index contributed by atoms with van der Waals surface area (Å²) in [5.74, 6) is 1.80. The maximum absolute atomic E-state index is 12.2. The fourth-order valence-corrected chi connectivity index (χ4v) is 2.53. The lowest BCUT2D eigenvalue weighted by molar-refractivity contribution is 0.102. The molecule has 2 aromatic carbocycles. The second-order valence-electron chi connectivity index (χ2n) is 5.48. The molecule has 0 fully saturated rings. The minimum atomic E-state index is -0.332. The predicted molar refractivity (Wildman–Crippen MR) is 106 cm³/mol. The number of carbonyl (C=O) groups is 1. The molecular formula is C20H16Cl2N2O3. The first-order valence-electron chi connectivity index (χ1n) is 8.18. The van der Waals surface area contributed by atoms with Crippen LogP contribution in [0.4, 0.5) is 5.69 Å². The van der Waals surface area contributed by atoms with E-state index in [1.807, 2.05) is 31.2 Å². The molecule has 1 heterocycles. The van der Waals surface area contributed by atoms with E-state index < -0.39 is 0 Å². The molecule has 1 amide bonds. The van der Waals surface area contributed by atoms with E-state index in [4.69, 9.17) is 32.7 Å². The summed E-state index contributed by atoms with van der Waals surface area (Å²) in [6.07, 6.45) is 1.37. The zero-order valence-corrected chi connectivity index (χ0v) is 15.9. The first kappa shape index (κ1) is 19.0. The number of pyridine rings is 1. The maximum Gasteiger partial charge on any atom is 0.257 e. The van der Waals surface area contributed by atoms with Gasteiger partial charge in [-0.2, -0.15) is 0 Å². The summed E-state index contributed by atoms with van der Waals surface area (Å²) in [5, 5.41) is 3.15. The zero-order chi connectivity index (χ0) is 19.2. The lowest BCUT2D eigenvalue weighted by Crippen LogP contribution is -2.12. The van der Waals surface area contributed by atoms with Gasteiger partial charge in [-0.05, 0) is 61.5 Å². The van der Waals surface area contributed by atoms with E-state index in [1.165, 1.54) is 12.3 Å². The Labute approximate surface area is 166 Å². The molecule has 3 aromatic rings. The topological polar surface area (TPSA) is 60.5 Å². The molecule has 5 nitrogen and oxygen atoms in total. The zero-order valence-electron chi connectivity index (χ0n) is 14.4. The summed E-state index contributed by atoms with van der Waals surface area (Å²) >= 11 is 11.6. The summed E-state index contributed by atoms with van der Waals surface area (Å²) in [6.45, 7) is 2.55. The fourth-order valence-electron chi connectivity index (χ4n) is 2.26. The van der Waals surface area contributed by atoms with Crippen LogP contribution < -0.4 is 14.8 Å². The Kier molecular flexibility index (Phi) is 6.16. The summed E-state index contributed by atoms with van der Waals surface area (Å²) in [5.41, 5.74) is 0.934. The molecule has 1 aromatic heterocycles. The molecule has 3 rings (SSSR count). The molecule has 0 unspecified atom stereocenters. The van der Waals surface area contributed by atoms with Gasteiger partial charge in [0.25, 0.3) is 5.91 Å². The van der Waals surface area contributed by atoms with Gasteiger partial charge in [0.15, 0.2) is 0 Å². The van der Waals surface area contributed by atoms with Gasteiger partial charge in [-0.15, -0.1) is 0 Å². The molecule has 0 aliphatic heterocycles. The van der Waals surface area contributed by atoms with Crippen molar-refractivity contribution in [3.05, 3.63) is 76.5 Å². The molecule has 0 bridgehead atoms. The Morgan fingerprint density at radius 3 is 2.19 bits per heavy atom. The molecule has 0 saturated carbocycles. The molecule has 0 aliphatic rings. The summed E-state index contributed by atoms with van der Waals surface area (Å²) in [7, 11) is 0. The summed E-state index contributed by atoms with van der Waals surface area (Å²) in [4.78, 5) is 16.1. The third-order valence-corrected chi connectivity index (χ3v) is 4.23. The minimum absolute atomic E-state index is 0.156. The van der Waals surface area contributed by atoms with Crippen LogP contribution in [0.2, 0.25) is 10.2 Å². The van der Waals surface area contributed by atoms with E-state index in [2.05, 4.69) is 10.3 Å². The number of nitrogens with one attached hydrogen (secondary N) is 1. The SMILES string of the molecule is CCOc1ccc(Oc2ccc(NC(=O)c3cnc(Cl)c(Cl)c3)cc2)cc1. The van der Waals surface area contributed by atoms with Gasteiger partial charge in [-0.3, -0.25) is 4.79 Å². The fraction of sp³-hybridized carbons (Fsp3) is 0.100. The van der Waals surface area contributed by atoms with E-state index in [0.29, 0.717) is 29.4 Å². The largest absolute Gasteiger partial charge is 0.494 e. The Morgan fingerprint density at radius 1 is 1.00 bits per heavy atom.